The Kier molecular flexibility index (Phi) is 12.1. The van der Waals surface area contributed by atoms with Gasteiger partial charge in [-0.25, -0.2) is 4.79 Å². The lowest BCUT2D eigenvalue weighted by atomic mass is 9.85. The van der Waals surface area contributed by atoms with Gasteiger partial charge < -0.3 is 67.8 Å². The molecule has 16 atom stereocenters. The molecule has 4 aliphatic heterocycles. The summed E-state index contributed by atoms with van der Waals surface area (Å²) in [5.41, 5.74) is -0.589. The minimum absolute atomic E-state index is 0.444. The van der Waals surface area contributed by atoms with Gasteiger partial charge in [-0.15, -0.1) is 0 Å². The van der Waals surface area contributed by atoms with Crippen LogP contribution < -0.4 is 0 Å². The third kappa shape index (κ3) is 8.17. The minimum Gasteiger partial charge on any atom is -0.472 e. The SMILES string of the molecule is CC(=O)OC[C@H]1O[C@@H](O[C@@H]2OC=C[C@H]3[C@H](O[C@@H]4O[C@@H](C)[C@H](OC(C)=O)[C@@H](OC(=O)/C=C/c5ccccc5)[C@H]4OC(C)=O)[C@H]4O[C@]4(CO)[C@@H]23)[C@H](O)[C@@H](O)[C@@H]1O. The molecule has 3 saturated heterocycles. The van der Waals surface area contributed by atoms with Crippen molar-refractivity contribution in [2.24, 2.45) is 11.8 Å². The Morgan fingerprint density at radius 2 is 1.50 bits per heavy atom. The predicted octanol–water partition coefficient (Wildman–Crippen LogP) is -0.762. The summed E-state index contributed by atoms with van der Waals surface area (Å²) in [4.78, 5) is 49.1. The summed E-state index contributed by atoms with van der Waals surface area (Å²) < 4.78 is 58.0. The van der Waals surface area contributed by atoms with Gasteiger partial charge in [0.15, 0.2) is 30.9 Å². The van der Waals surface area contributed by atoms with E-state index < -0.39 is 134 Å². The van der Waals surface area contributed by atoms with Gasteiger partial charge in [-0.3, -0.25) is 14.4 Å². The lowest BCUT2D eigenvalue weighted by molar-refractivity contribution is -0.347. The second-order valence-electron chi connectivity index (χ2n) is 13.6. The van der Waals surface area contributed by atoms with E-state index in [0.717, 1.165) is 20.8 Å². The fourth-order valence-electron chi connectivity index (χ4n) is 7.44. The van der Waals surface area contributed by atoms with Gasteiger partial charge in [-0.05, 0) is 24.6 Å². The Bertz CT molecular complexity index is 1580. The summed E-state index contributed by atoms with van der Waals surface area (Å²) in [6.07, 6.45) is -11.8. The Hall–Kier alpha value is -3.98. The molecule has 4 fully saturated rings. The first kappa shape index (κ1) is 39.7. The van der Waals surface area contributed by atoms with Gasteiger partial charge in [0.05, 0.1) is 31.0 Å². The topological polar surface area (TPSA) is 245 Å². The lowest BCUT2D eigenvalue weighted by Crippen LogP contribution is -2.62. The van der Waals surface area contributed by atoms with Crippen LogP contribution in [-0.4, -0.2) is 143 Å². The summed E-state index contributed by atoms with van der Waals surface area (Å²) >= 11 is 0. The van der Waals surface area contributed by atoms with E-state index in [1.807, 2.05) is 6.07 Å². The van der Waals surface area contributed by atoms with Crippen molar-refractivity contribution in [1.29, 1.82) is 0 Å². The number of hydrogen-bond acceptors (Lipinski definition) is 18. The fourth-order valence-corrected chi connectivity index (χ4v) is 7.44. The third-order valence-electron chi connectivity index (χ3n) is 9.96. The molecule has 0 aromatic heterocycles. The molecule has 0 spiro atoms. The van der Waals surface area contributed by atoms with Crippen molar-refractivity contribution in [3.63, 3.8) is 0 Å². The first-order valence-corrected chi connectivity index (χ1v) is 17.4. The standard InChI is InChI=1S/C36H44O18/c1-16-28(48-18(3)39)30(51-23(41)11-10-20-8-6-5-7-9-20)31(49-19(4)40)35(47-16)52-29-21-12-13-45-33(24(21)36(15-37)32(29)54-36)53-34-27(44)26(43)25(42)22(50-34)14-46-17(2)38/h5-13,16,21-22,24-35,37,42-44H,14-15H2,1-4H3/b11-10+/t16-,21+,22+,24+,25+,26-,27+,28-,29-,30+,31+,32+,33-,34-,35-,36+/m0/s1. The number of carbonyl (C=O) groups is 4. The van der Waals surface area contributed by atoms with Crippen LogP contribution in [0.25, 0.3) is 6.08 Å². The van der Waals surface area contributed by atoms with Crippen LogP contribution in [0.4, 0.5) is 0 Å². The van der Waals surface area contributed by atoms with Gasteiger partial charge in [-0.2, -0.15) is 0 Å². The van der Waals surface area contributed by atoms with Crippen molar-refractivity contribution in [3.05, 3.63) is 54.3 Å². The Morgan fingerprint density at radius 1 is 0.796 bits per heavy atom. The van der Waals surface area contributed by atoms with Crippen molar-refractivity contribution in [3.8, 4) is 0 Å². The molecule has 0 amide bonds. The molecule has 18 nitrogen and oxygen atoms in total. The lowest BCUT2D eigenvalue weighted by Gasteiger charge is -2.45. The molecule has 54 heavy (non-hydrogen) atoms. The highest BCUT2D eigenvalue weighted by Crippen LogP contribution is 2.61. The molecule has 4 heterocycles. The van der Waals surface area contributed by atoms with Crippen LogP contribution in [0.1, 0.15) is 33.3 Å². The van der Waals surface area contributed by atoms with Crippen LogP contribution in [0.3, 0.4) is 0 Å². The zero-order chi connectivity index (χ0) is 38.9. The Labute approximate surface area is 309 Å². The van der Waals surface area contributed by atoms with E-state index in [1.165, 1.54) is 18.4 Å². The molecule has 0 unspecified atom stereocenters. The van der Waals surface area contributed by atoms with Gasteiger partial charge in [0, 0.05) is 32.8 Å². The molecule has 18 heteroatoms. The number of aliphatic hydroxyl groups is 4. The summed E-state index contributed by atoms with van der Waals surface area (Å²) in [5.74, 6) is -4.45. The van der Waals surface area contributed by atoms with Crippen molar-refractivity contribution < 1.29 is 87.0 Å². The molecular formula is C36H44O18. The van der Waals surface area contributed by atoms with Crippen molar-refractivity contribution in [2.75, 3.05) is 13.2 Å². The van der Waals surface area contributed by atoms with Crippen LogP contribution in [0, 0.1) is 11.8 Å². The quantitative estimate of drug-likeness (QED) is 0.0884. The van der Waals surface area contributed by atoms with Crippen LogP contribution >= 0.6 is 0 Å². The van der Waals surface area contributed by atoms with Gasteiger partial charge in [0.2, 0.25) is 6.29 Å². The van der Waals surface area contributed by atoms with E-state index >= 15 is 0 Å². The minimum atomic E-state index is -1.76. The van der Waals surface area contributed by atoms with Crippen LogP contribution in [-0.2, 0) is 66.5 Å². The summed E-state index contributed by atoms with van der Waals surface area (Å²) in [5, 5.41) is 42.3. The second-order valence-corrected chi connectivity index (χ2v) is 13.6. The van der Waals surface area contributed by atoms with Crippen LogP contribution in [0.5, 0.6) is 0 Å². The van der Waals surface area contributed by atoms with Crippen molar-refractivity contribution in [1.82, 2.24) is 0 Å². The monoisotopic (exact) mass is 764 g/mol. The van der Waals surface area contributed by atoms with Crippen LogP contribution in [0.15, 0.2) is 48.7 Å². The molecule has 1 aromatic carbocycles. The first-order valence-electron chi connectivity index (χ1n) is 17.4. The second kappa shape index (κ2) is 16.4. The molecule has 0 radical (unpaired) electrons. The van der Waals surface area contributed by atoms with Crippen molar-refractivity contribution >= 4 is 30.0 Å². The summed E-state index contributed by atoms with van der Waals surface area (Å²) in [7, 11) is 0. The number of ether oxygens (including phenoxy) is 10. The van der Waals surface area contributed by atoms with Gasteiger partial charge in [-0.1, -0.05) is 30.3 Å². The Balaban J connectivity index is 1.23. The molecule has 5 aliphatic rings. The van der Waals surface area contributed by atoms with Gasteiger partial charge >= 0.3 is 23.9 Å². The maximum absolute atomic E-state index is 13.1. The maximum Gasteiger partial charge on any atom is 0.331 e. The number of aliphatic hydroxyl groups excluding tert-OH is 4. The highest BCUT2D eigenvalue weighted by atomic mass is 16.8. The van der Waals surface area contributed by atoms with E-state index in [4.69, 9.17) is 47.4 Å². The molecular weight excluding hydrogens is 720 g/mol. The highest BCUT2D eigenvalue weighted by molar-refractivity contribution is 5.87. The molecule has 6 rings (SSSR count). The molecule has 1 aromatic rings. The van der Waals surface area contributed by atoms with Crippen LogP contribution in [0.2, 0.25) is 0 Å². The number of rotatable bonds is 12. The number of hydrogen-bond donors (Lipinski definition) is 4. The number of carbonyl (C=O) groups excluding carboxylic acids is 4. The Morgan fingerprint density at radius 3 is 2.17 bits per heavy atom. The van der Waals surface area contributed by atoms with Gasteiger partial charge in [0.25, 0.3) is 0 Å². The summed E-state index contributed by atoms with van der Waals surface area (Å²) in [6.45, 7) is 4.04. The molecule has 296 valence electrons. The molecule has 1 saturated carbocycles. The van der Waals surface area contributed by atoms with E-state index in [1.54, 1.807) is 37.3 Å². The molecule has 1 aliphatic carbocycles. The number of fused-ring (bicyclic) bond motifs is 3. The maximum atomic E-state index is 13.1. The van der Waals surface area contributed by atoms with E-state index in [2.05, 4.69) is 0 Å². The fraction of sp³-hybridized carbons (Fsp3) is 0.611. The zero-order valence-electron chi connectivity index (χ0n) is 29.8. The van der Waals surface area contributed by atoms with E-state index in [-0.39, 0.29) is 0 Å². The number of esters is 4. The largest absolute Gasteiger partial charge is 0.472 e. The summed E-state index contributed by atoms with van der Waals surface area (Å²) in [6, 6.07) is 8.94. The first-order chi connectivity index (χ1) is 25.7. The normalized spacial score (nSPS) is 40.9. The third-order valence-corrected chi connectivity index (χ3v) is 9.96. The van der Waals surface area contributed by atoms with Crippen molar-refractivity contribution in [2.45, 2.75) is 113 Å². The average Bonchev–Trinajstić information content (AvgIpc) is 3.81. The number of epoxide rings is 1. The zero-order valence-corrected chi connectivity index (χ0v) is 29.8. The average molecular weight is 765 g/mol. The van der Waals surface area contributed by atoms with E-state index in [0.29, 0.717) is 5.56 Å². The van der Waals surface area contributed by atoms with E-state index in [9.17, 15) is 39.6 Å². The van der Waals surface area contributed by atoms with Gasteiger partial charge in [0.1, 0.15) is 42.7 Å². The predicted molar refractivity (Wildman–Crippen MR) is 176 cm³/mol. The molecule has 0 bridgehead atoms. The highest BCUT2D eigenvalue weighted by Gasteiger charge is 2.77. The molecule has 4 N–H and O–H groups in total. The smallest absolute Gasteiger partial charge is 0.331 e. The number of benzene rings is 1.